The molecule has 2 aliphatic heterocycles. The Labute approximate surface area is 263 Å². The van der Waals surface area contributed by atoms with Crippen LogP contribution in [0.25, 0.3) is 10.1 Å². The number of hydrogen-bond donors (Lipinski definition) is 4. The van der Waals surface area contributed by atoms with Gasteiger partial charge in [0, 0.05) is 42.5 Å². The molecule has 2 aliphatic rings. The van der Waals surface area contributed by atoms with Crippen LogP contribution in [0.5, 0.6) is 0 Å². The monoisotopic (exact) mass is 662 g/mol. The highest BCUT2D eigenvalue weighted by molar-refractivity contribution is 7.52. The molecule has 3 amide bonds. The number of likely N-dealkylation sites (tertiary alicyclic amines) is 1. The first kappa shape index (κ1) is 33.2. The third-order valence-electron chi connectivity index (χ3n) is 8.35. The number of carbonyl (C=O) groups excluding carboxylic acids is 3. The molecule has 45 heavy (non-hydrogen) atoms. The number of alkyl halides is 2. The van der Waals surface area contributed by atoms with Crippen molar-refractivity contribution in [1.82, 2.24) is 20.4 Å². The predicted octanol–water partition coefficient (Wildman–Crippen LogP) is 4.44. The van der Waals surface area contributed by atoms with E-state index < -0.39 is 42.2 Å². The minimum Gasteiger partial charge on any atom is -0.339 e. The molecule has 0 unspecified atom stereocenters. The number of piperazine rings is 1. The lowest BCUT2D eigenvalue weighted by Gasteiger charge is -2.39. The summed E-state index contributed by atoms with van der Waals surface area (Å²) in [6, 6.07) is 12.7. The highest BCUT2D eigenvalue weighted by Crippen LogP contribution is 2.59. The third kappa shape index (κ3) is 6.83. The average molecular weight is 663 g/mol. The number of rotatable bonds is 7. The maximum atomic E-state index is 14.3. The molecule has 3 atom stereocenters. The van der Waals surface area contributed by atoms with Crippen molar-refractivity contribution in [2.45, 2.75) is 57.4 Å². The summed E-state index contributed by atoms with van der Waals surface area (Å²) in [7, 11) is -5.76. The summed E-state index contributed by atoms with van der Waals surface area (Å²) in [5.74, 6) is -1.08. The summed E-state index contributed by atoms with van der Waals surface area (Å²) in [6.07, 6.45) is 1.17. The van der Waals surface area contributed by atoms with E-state index >= 15 is 0 Å². The molecule has 3 aromatic rings. The van der Waals surface area contributed by atoms with Crippen LogP contribution < -0.4 is 10.6 Å². The van der Waals surface area contributed by atoms with E-state index in [2.05, 4.69) is 10.6 Å². The molecule has 1 aromatic heterocycles. The number of fused-ring (bicyclic) bond motifs is 1. The van der Waals surface area contributed by atoms with Gasteiger partial charge in [0.25, 0.3) is 5.91 Å². The Hall–Kier alpha value is -3.22. The van der Waals surface area contributed by atoms with Crippen LogP contribution in [0.2, 0.25) is 0 Å². The number of hydrogen-bond acceptors (Lipinski definition) is 6. The summed E-state index contributed by atoms with van der Waals surface area (Å²) in [4.78, 5) is 63.0. The second-order valence-electron chi connectivity index (χ2n) is 12.6. The summed E-state index contributed by atoms with van der Waals surface area (Å²) in [5, 5.41) is 6.49. The first-order valence-electron chi connectivity index (χ1n) is 14.7. The standard InChI is InChI=1S/C31H37F2N4O6PS/c1-30(2,3)26(35-27(38)25-17-20-16-21(11-12-24(20)45-25)31(32,33)44(41,42)43)29(40)37-14-7-10-23(37)28(39)36-15-13-34-22(18-36)19-8-5-4-6-9-19/h4-6,8-9,11-12,16-17,22-23,26,34H,7,10,13-15,18H2,1-3H3,(H,35,38)(H2,41,42,43)/t22-,23-,26+/m0/s1. The number of nitrogens with zero attached hydrogens (tertiary/aromatic N) is 2. The normalized spacial score (nSPS) is 20.3. The summed E-state index contributed by atoms with van der Waals surface area (Å²) in [5.41, 5.74) is -4.89. The second kappa shape index (κ2) is 12.5. The fourth-order valence-electron chi connectivity index (χ4n) is 5.88. The molecular formula is C31H37F2N4O6PS. The molecule has 2 saturated heterocycles. The van der Waals surface area contributed by atoms with Gasteiger partial charge >= 0.3 is 13.3 Å². The van der Waals surface area contributed by atoms with Gasteiger partial charge in [0.05, 0.1) is 4.88 Å². The smallest absolute Gasteiger partial charge is 0.339 e. The van der Waals surface area contributed by atoms with E-state index in [0.29, 0.717) is 43.7 Å². The Morgan fingerprint density at radius 3 is 2.44 bits per heavy atom. The molecule has 0 aliphatic carbocycles. The second-order valence-corrected chi connectivity index (χ2v) is 15.3. The van der Waals surface area contributed by atoms with E-state index in [0.717, 1.165) is 29.0 Å². The third-order valence-corrected chi connectivity index (χ3v) is 10.5. The van der Waals surface area contributed by atoms with Gasteiger partial charge in [0.1, 0.15) is 12.1 Å². The van der Waals surface area contributed by atoms with Crippen molar-refractivity contribution < 1.29 is 37.5 Å². The van der Waals surface area contributed by atoms with E-state index in [4.69, 9.17) is 9.79 Å². The zero-order chi connectivity index (χ0) is 32.7. The van der Waals surface area contributed by atoms with E-state index in [1.54, 1.807) is 9.80 Å². The molecule has 0 spiro atoms. The van der Waals surface area contributed by atoms with Gasteiger partial charge in [-0.2, -0.15) is 8.78 Å². The van der Waals surface area contributed by atoms with E-state index in [1.165, 1.54) is 12.1 Å². The fourth-order valence-corrected chi connectivity index (χ4v) is 7.31. The van der Waals surface area contributed by atoms with Crippen molar-refractivity contribution in [2.24, 2.45) is 5.41 Å². The fraction of sp³-hybridized carbons (Fsp3) is 0.452. The Bertz CT molecular complexity index is 1640. The van der Waals surface area contributed by atoms with Crippen LogP contribution in [0.4, 0.5) is 8.78 Å². The van der Waals surface area contributed by atoms with Gasteiger partial charge in [-0.15, -0.1) is 11.3 Å². The Kier molecular flexibility index (Phi) is 9.23. The zero-order valence-electron chi connectivity index (χ0n) is 25.2. The van der Waals surface area contributed by atoms with Gasteiger partial charge in [-0.1, -0.05) is 57.2 Å². The number of benzene rings is 2. The van der Waals surface area contributed by atoms with Crippen molar-refractivity contribution in [1.29, 1.82) is 0 Å². The molecule has 14 heteroatoms. The van der Waals surface area contributed by atoms with Gasteiger partial charge < -0.3 is 30.2 Å². The molecule has 0 radical (unpaired) electrons. The number of thiophene rings is 1. The van der Waals surface area contributed by atoms with E-state index in [1.807, 2.05) is 51.1 Å². The lowest BCUT2D eigenvalue weighted by atomic mass is 9.85. The highest BCUT2D eigenvalue weighted by atomic mass is 32.1. The van der Waals surface area contributed by atoms with Gasteiger partial charge in [0.2, 0.25) is 11.8 Å². The number of nitrogens with one attached hydrogen (secondary N) is 2. The SMILES string of the molecule is CC(C)(C)[C@H](NC(=O)c1cc2cc(C(F)(F)P(=O)(O)O)ccc2s1)C(=O)N1CCC[C@H]1C(=O)N1CCN[C@H](c2ccccc2)C1. The van der Waals surface area contributed by atoms with Crippen LogP contribution >= 0.6 is 18.9 Å². The van der Waals surface area contributed by atoms with Crippen molar-refractivity contribution in [2.75, 3.05) is 26.2 Å². The van der Waals surface area contributed by atoms with Gasteiger partial charge in [0.15, 0.2) is 0 Å². The predicted molar refractivity (Wildman–Crippen MR) is 167 cm³/mol. The lowest BCUT2D eigenvalue weighted by Crippen LogP contribution is -2.59. The van der Waals surface area contributed by atoms with Crippen LogP contribution in [-0.2, 0) is 19.8 Å². The maximum Gasteiger partial charge on any atom is 0.399 e. The number of halogens is 2. The van der Waals surface area contributed by atoms with Crippen LogP contribution in [0.1, 0.15) is 60.5 Å². The molecule has 5 rings (SSSR count). The quantitative estimate of drug-likeness (QED) is 0.275. The topological polar surface area (TPSA) is 139 Å². The summed E-state index contributed by atoms with van der Waals surface area (Å²) in [6.45, 7) is 7.44. The highest BCUT2D eigenvalue weighted by Gasteiger charge is 2.50. The Balaban J connectivity index is 1.32. The van der Waals surface area contributed by atoms with Gasteiger partial charge in [-0.25, -0.2) is 0 Å². The van der Waals surface area contributed by atoms with Gasteiger partial charge in [-0.05, 0) is 47.4 Å². The van der Waals surface area contributed by atoms with Crippen LogP contribution in [0.3, 0.4) is 0 Å². The van der Waals surface area contributed by atoms with Crippen molar-refractivity contribution in [3.05, 3.63) is 70.6 Å². The molecule has 2 fully saturated rings. The van der Waals surface area contributed by atoms with Gasteiger partial charge in [-0.3, -0.25) is 18.9 Å². The molecule has 10 nitrogen and oxygen atoms in total. The van der Waals surface area contributed by atoms with Crippen molar-refractivity contribution in [3.8, 4) is 0 Å². The van der Waals surface area contributed by atoms with Crippen LogP contribution in [0.15, 0.2) is 54.6 Å². The zero-order valence-corrected chi connectivity index (χ0v) is 26.9. The van der Waals surface area contributed by atoms with E-state index in [-0.39, 0.29) is 28.1 Å². The summed E-state index contributed by atoms with van der Waals surface area (Å²) >= 11 is 1.01. The molecule has 0 saturated carbocycles. The van der Waals surface area contributed by atoms with Crippen molar-refractivity contribution in [3.63, 3.8) is 0 Å². The first-order valence-corrected chi connectivity index (χ1v) is 17.2. The molecular weight excluding hydrogens is 625 g/mol. The molecule has 4 N–H and O–H groups in total. The number of amides is 3. The largest absolute Gasteiger partial charge is 0.399 e. The maximum absolute atomic E-state index is 14.3. The number of carbonyl (C=O) groups is 3. The molecule has 242 valence electrons. The van der Waals surface area contributed by atoms with E-state index in [9.17, 15) is 27.7 Å². The van der Waals surface area contributed by atoms with Crippen LogP contribution in [0, 0.1) is 5.41 Å². The Morgan fingerprint density at radius 2 is 1.78 bits per heavy atom. The first-order chi connectivity index (χ1) is 21.1. The molecule has 3 heterocycles. The van der Waals surface area contributed by atoms with Crippen LogP contribution in [-0.4, -0.2) is 75.6 Å². The van der Waals surface area contributed by atoms with Crippen molar-refractivity contribution >= 4 is 46.7 Å². The average Bonchev–Trinajstić information content (AvgIpc) is 3.66. The molecule has 0 bridgehead atoms. The minimum atomic E-state index is -5.76. The Morgan fingerprint density at radius 1 is 1.07 bits per heavy atom. The summed E-state index contributed by atoms with van der Waals surface area (Å²) < 4.78 is 40.4. The minimum absolute atomic E-state index is 0.0172. The lowest BCUT2D eigenvalue weighted by molar-refractivity contribution is -0.146. The molecule has 2 aromatic carbocycles.